The Bertz CT molecular complexity index is 474. The summed E-state index contributed by atoms with van der Waals surface area (Å²) in [5, 5.41) is 10.7. The molecule has 4 atom stereocenters. The molecule has 0 bridgehead atoms. The maximum atomic E-state index is 12.0. The number of rotatable bonds is 7. The molecule has 0 spiro atoms. The third-order valence-corrected chi connectivity index (χ3v) is 6.93. The predicted octanol–water partition coefficient (Wildman–Crippen LogP) is 1.94. The van der Waals surface area contributed by atoms with E-state index < -0.39 is 12.0 Å². The number of carbonyl (C=O) groups excluding carboxylic acids is 1. The number of allylic oxidation sites excluding steroid dienone is 1. The van der Waals surface area contributed by atoms with Gasteiger partial charge in [-0.1, -0.05) is 0 Å². The Kier molecular flexibility index (Phi) is 6.04. The maximum absolute atomic E-state index is 12.0. The van der Waals surface area contributed by atoms with Crippen molar-refractivity contribution in [2.45, 2.75) is 30.7 Å². The first-order chi connectivity index (χ1) is 10.2. The number of cyclic esters (lactones) is 1. The molecule has 1 N–H and O–H groups in total. The number of aliphatic hydroxyl groups excluding tert-OH is 1. The van der Waals surface area contributed by atoms with Gasteiger partial charge >= 0.3 is 132 Å². The molecule has 1 aliphatic heterocycles. The number of esters is 1. The van der Waals surface area contributed by atoms with E-state index in [1.54, 1.807) is 6.08 Å². The third-order valence-electron chi connectivity index (χ3n) is 3.87. The summed E-state index contributed by atoms with van der Waals surface area (Å²) in [7, 11) is 0. The fraction of sp³-hybridized carbons (Fsp3) is 0.471. The molecule has 0 aromatic heterocycles. The summed E-state index contributed by atoms with van der Waals surface area (Å²) in [6.07, 6.45) is 2.74. The molecule has 1 fully saturated rings. The van der Waals surface area contributed by atoms with Gasteiger partial charge in [-0.25, -0.2) is 0 Å². The number of benzene rings is 1. The van der Waals surface area contributed by atoms with E-state index >= 15 is 0 Å². The summed E-state index contributed by atoms with van der Waals surface area (Å²) in [6.45, 7) is 6.21. The van der Waals surface area contributed by atoms with Gasteiger partial charge in [0.2, 0.25) is 0 Å². The van der Waals surface area contributed by atoms with E-state index in [9.17, 15) is 9.90 Å². The molecule has 0 radical (unpaired) electrons. The Morgan fingerprint density at radius 2 is 2.19 bits per heavy atom. The molecular formula is C17H22O3Se. The molecule has 21 heavy (non-hydrogen) atoms. The van der Waals surface area contributed by atoms with Gasteiger partial charge in [-0.15, -0.1) is 0 Å². The molecule has 3 nitrogen and oxygen atoms in total. The SMILES string of the molecule is C=CC[C@H]1COC(=O)[C@@H]1[C@@H](O)[C@H](CC)[Se]c1ccccc1. The van der Waals surface area contributed by atoms with Crippen LogP contribution in [0, 0.1) is 11.8 Å². The summed E-state index contributed by atoms with van der Waals surface area (Å²) in [6, 6.07) is 10.2. The van der Waals surface area contributed by atoms with Crippen molar-refractivity contribution in [3.63, 3.8) is 0 Å². The van der Waals surface area contributed by atoms with Crippen molar-refractivity contribution in [1.29, 1.82) is 0 Å². The number of hydrogen-bond acceptors (Lipinski definition) is 3. The number of carbonyl (C=O) groups is 1. The average Bonchev–Trinajstić information content (AvgIpc) is 2.86. The van der Waals surface area contributed by atoms with E-state index in [-0.39, 0.29) is 31.7 Å². The first-order valence-corrected chi connectivity index (χ1v) is 9.19. The molecule has 0 saturated carbocycles. The Morgan fingerprint density at radius 3 is 2.81 bits per heavy atom. The van der Waals surface area contributed by atoms with E-state index in [1.807, 2.05) is 18.2 Å². The van der Waals surface area contributed by atoms with E-state index in [0.29, 0.717) is 13.0 Å². The fourth-order valence-electron chi connectivity index (χ4n) is 2.73. The molecule has 114 valence electrons. The Balaban J connectivity index is 2.09. The quantitative estimate of drug-likeness (QED) is 0.463. The normalized spacial score (nSPS) is 24.4. The standard InChI is InChI=1S/C17H22O3Se/c1-3-8-12-11-20-17(19)15(12)16(18)14(4-2)21-13-9-6-5-7-10-13/h3,5-7,9-10,12,14-16,18H,1,4,8,11H2,2H3/t12-,14-,15-,16-/m0/s1. The zero-order valence-corrected chi connectivity index (χ0v) is 14.0. The second-order valence-corrected chi connectivity index (χ2v) is 8.06. The van der Waals surface area contributed by atoms with Crippen molar-refractivity contribution in [2.24, 2.45) is 11.8 Å². The Morgan fingerprint density at radius 1 is 1.48 bits per heavy atom. The molecular weight excluding hydrogens is 331 g/mol. The van der Waals surface area contributed by atoms with E-state index in [1.165, 1.54) is 4.46 Å². The predicted molar refractivity (Wildman–Crippen MR) is 84.6 cm³/mol. The molecule has 1 aliphatic rings. The van der Waals surface area contributed by atoms with Crippen LogP contribution in [-0.4, -0.2) is 38.7 Å². The summed E-state index contributed by atoms with van der Waals surface area (Å²) in [5.41, 5.74) is 0. The third kappa shape index (κ3) is 3.97. The van der Waals surface area contributed by atoms with Crippen molar-refractivity contribution in [1.82, 2.24) is 0 Å². The molecule has 0 unspecified atom stereocenters. The summed E-state index contributed by atoms with van der Waals surface area (Å²) < 4.78 is 6.41. The minimum absolute atomic E-state index is 0.0608. The van der Waals surface area contributed by atoms with Gasteiger partial charge in [0.15, 0.2) is 0 Å². The zero-order valence-electron chi connectivity index (χ0n) is 12.3. The van der Waals surface area contributed by atoms with Gasteiger partial charge in [0, 0.05) is 0 Å². The first-order valence-electron chi connectivity index (χ1n) is 7.34. The van der Waals surface area contributed by atoms with Gasteiger partial charge in [-0.05, 0) is 0 Å². The molecule has 1 heterocycles. The van der Waals surface area contributed by atoms with Crippen molar-refractivity contribution in [3.8, 4) is 0 Å². The Labute approximate surface area is 132 Å². The van der Waals surface area contributed by atoms with Gasteiger partial charge in [0.1, 0.15) is 0 Å². The van der Waals surface area contributed by atoms with Crippen LogP contribution in [0.25, 0.3) is 0 Å². The molecule has 1 saturated heterocycles. The molecule has 0 amide bonds. The van der Waals surface area contributed by atoms with Crippen LogP contribution in [0.3, 0.4) is 0 Å². The van der Waals surface area contributed by atoms with E-state index in [0.717, 1.165) is 6.42 Å². The second kappa shape index (κ2) is 7.79. The monoisotopic (exact) mass is 354 g/mol. The van der Waals surface area contributed by atoms with E-state index in [4.69, 9.17) is 4.74 Å². The molecule has 2 rings (SSSR count). The minimum atomic E-state index is -0.629. The number of ether oxygens (including phenoxy) is 1. The van der Waals surface area contributed by atoms with Crippen LogP contribution in [0.15, 0.2) is 43.0 Å². The average molecular weight is 353 g/mol. The van der Waals surface area contributed by atoms with Crippen LogP contribution in [0.4, 0.5) is 0 Å². The van der Waals surface area contributed by atoms with Crippen molar-refractivity contribution >= 4 is 25.4 Å². The summed E-state index contributed by atoms with van der Waals surface area (Å²) in [4.78, 5) is 12.1. The topological polar surface area (TPSA) is 46.5 Å². The van der Waals surface area contributed by atoms with Crippen molar-refractivity contribution in [3.05, 3.63) is 43.0 Å². The fourth-order valence-corrected chi connectivity index (χ4v) is 5.12. The summed E-state index contributed by atoms with van der Waals surface area (Å²) >= 11 is 0.150. The number of aliphatic hydroxyl groups is 1. The van der Waals surface area contributed by atoms with Crippen LogP contribution in [-0.2, 0) is 9.53 Å². The molecule has 4 heteroatoms. The first kappa shape index (κ1) is 16.3. The zero-order chi connectivity index (χ0) is 15.2. The Hall–Kier alpha value is -1.09. The van der Waals surface area contributed by atoms with Gasteiger partial charge in [0.25, 0.3) is 0 Å². The van der Waals surface area contributed by atoms with Crippen LogP contribution >= 0.6 is 0 Å². The molecule has 1 aromatic carbocycles. The van der Waals surface area contributed by atoms with Gasteiger partial charge in [0.05, 0.1) is 0 Å². The van der Waals surface area contributed by atoms with Crippen LogP contribution < -0.4 is 4.46 Å². The van der Waals surface area contributed by atoms with Crippen LogP contribution in [0.1, 0.15) is 19.8 Å². The van der Waals surface area contributed by atoms with Crippen molar-refractivity contribution < 1.29 is 14.6 Å². The second-order valence-electron chi connectivity index (χ2n) is 5.31. The van der Waals surface area contributed by atoms with E-state index in [2.05, 4.69) is 25.6 Å². The summed E-state index contributed by atoms with van der Waals surface area (Å²) in [5.74, 6) is -0.596. The van der Waals surface area contributed by atoms with Gasteiger partial charge < -0.3 is 0 Å². The molecule has 1 aromatic rings. The van der Waals surface area contributed by atoms with Crippen LogP contribution in [0.2, 0.25) is 4.82 Å². The molecule has 0 aliphatic carbocycles. The van der Waals surface area contributed by atoms with Crippen LogP contribution in [0.5, 0.6) is 0 Å². The number of hydrogen-bond donors (Lipinski definition) is 1. The van der Waals surface area contributed by atoms with Gasteiger partial charge in [-0.2, -0.15) is 0 Å². The van der Waals surface area contributed by atoms with Crippen molar-refractivity contribution in [2.75, 3.05) is 6.61 Å². The van der Waals surface area contributed by atoms with Gasteiger partial charge in [-0.3, -0.25) is 0 Å².